The molecule has 0 aromatic heterocycles. The number of anilines is 1. The molecule has 2 unspecified atom stereocenters. The number of para-hydroxylation sites is 1. The zero-order chi connectivity index (χ0) is 17.9. The summed E-state index contributed by atoms with van der Waals surface area (Å²) in [6, 6.07) is 17.9. The summed E-state index contributed by atoms with van der Waals surface area (Å²) in [4.78, 5) is 14.7. The molecular weight excluding hydrogens is 328 g/mol. The number of hydrogen-bond donors (Lipinski definition) is 3. The third-order valence-corrected chi connectivity index (χ3v) is 4.71. The first kappa shape index (κ1) is 16.6. The molecule has 0 aliphatic carbocycles. The van der Waals surface area contributed by atoms with E-state index < -0.39 is 0 Å². The summed E-state index contributed by atoms with van der Waals surface area (Å²) in [5, 5.41) is 6.31. The van der Waals surface area contributed by atoms with Crippen LogP contribution in [0.3, 0.4) is 0 Å². The maximum Gasteiger partial charge on any atom is 0.232 e. The number of nitrogens with two attached hydrogens (primary N) is 1. The Kier molecular flexibility index (Phi) is 4.60. The Morgan fingerprint density at radius 3 is 2.62 bits per heavy atom. The number of ether oxygens (including phenoxy) is 1. The zero-order valence-corrected chi connectivity index (χ0v) is 14.4. The molecule has 2 heterocycles. The van der Waals surface area contributed by atoms with E-state index in [1.165, 1.54) is 0 Å². The predicted octanol–water partition coefficient (Wildman–Crippen LogP) is 1.50. The van der Waals surface area contributed by atoms with E-state index in [1.54, 1.807) is 0 Å². The first-order valence-electron chi connectivity index (χ1n) is 8.77. The van der Waals surface area contributed by atoms with E-state index in [4.69, 9.17) is 10.5 Å². The van der Waals surface area contributed by atoms with Gasteiger partial charge in [-0.3, -0.25) is 10.1 Å². The van der Waals surface area contributed by atoms with Gasteiger partial charge in [-0.1, -0.05) is 30.3 Å². The highest BCUT2D eigenvalue weighted by Crippen LogP contribution is 2.38. The quantitative estimate of drug-likeness (QED) is 0.762. The maximum atomic E-state index is 12.6. The Bertz CT molecular complexity index is 804. The molecule has 6 heteroatoms. The van der Waals surface area contributed by atoms with Crippen molar-refractivity contribution in [3.63, 3.8) is 0 Å². The fourth-order valence-corrected chi connectivity index (χ4v) is 3.50. The van der Waals surface area contributed by atoms with Crippen molar-refractivity contribution in [2.45, 2.75) is 6.17 Å². The first-order valence-corrected chi connectivity index (χ1v) is 8.77. The van der Waals surface area contributed by atoms with Crippen molar-refractivity contribution < 1.29 is 9.53 Å². The van der Waals surface area contributed by atoms with Crippen LogP contribution in [0.2, 0.25) is 0 Å². The lowest BCUT2D eigenvalue weighted by Gasteiger charge is -2.34. The van der Waals surface area contributed by atoms with Crippen LogP contribution in [0.25, 0.3) is 5.57 Å². The number of rotatable bonds is 5. The lowest BCUT2D eigenvalue weighted by Crippen LogP contribution is -2.58. The first-order chi connectivity index (χ1) is 12.8. The van der Waals surface area contributed by atoms with Crippen LogP contribution < -0.4 is 26.0 Å². The number of nitrogens with one attached hydrogen (secondary N) is 2. The van der Waals surface area contributed by atoms with Crippen LogP contribution in [0.4, 0.5) is 5.69 Å². The van der Waals surface area contributed by atoms with Gasteiger partial charge < -0.3 is 20.7 Å². The van der Waals surface area contributed by atoms with Crippen LogP contribution in [0.15, 0.2) is 60.8 Å². The van der Waals surface area contributed by atoms with Crippen LogP contribution in [0.1, 0.15) is 5.56 Å². The maximum absolute atomic E-state index is 12.6. The van der Waals surface area contributed by atoms with Gasteiger partial charge in [-0.2, -0.15) is 0 Å². The number of carbonyl (C=O) groups excluding carboxylic acids is 1. The molecule has 2 aromatic carbocycles. The number of nitrogens with zero attached hydrogens (tertiary/aromatic N) is 1. The van der Waals surface area contributed by atoms with Gasteiger partial charge >= 0.3 is 0 Å². The summed E-state index contributed by atoms with van der Waals surface area (Å²) < 4.78 is 5.54. The van der Waals surface area contributed by atoms with E-state index in [0.717, 1.165) is 22.6 Å². The van der Waals surface area contributed by atoms with E-state index in [-0.39, 0.29) is 18.0 Å². The monoisotopic (exact) mass is 350 g/mol. The van der Waals surface area contributed by atoms with E-state index in [2.05, 4.69) is 33.9 Å². The summed E-state index contributed by atoms with van der Waals surface area (Å²) in [6.45, 7) is 1.44. The minimum absolute atomic E-state index is 0.0434. The van der Waals surface area contributed by atoms with Crippen molar-refractivity contribution in [3.05, 3.63) is 66.4 Å². The van der Waals surface area contributed by atoms with Gasteiger partial charge in [0.1, 0.15) is 18.5 Å². The summed E-state index contributed by atoms with van der Waals surface area (Å²) in [5.74, 6) is 0.558. The standard InChI is InChI=1S/C20H22N4O2/c21-10-11-26-16-8-6-14(7-9-16)17-12-24(15-4-2-1-3-5-15)19-18(17)20(25)23-13-22-19/h1-9,12,18-19,22H,10-11,13,21H2,(H,23,25). The zero-order valence-electron chi connectivity index (χ0n) is 14.4. The molecule has 1 fully saturated rings. The normalized spacial score (nSPS) is 21.8. The fraction of sp³-hybridized carbons (Fsp3) is 0.250. The molecule has 0 spiro atoms. The van der Waals surface area contributed by atoms with Crippen molar-refractivity contribution in [2.24, 2.45) is 11.7 Å². The van der Waals surface area contributed by atoms with Crippen molar-refractivity contribution >= 4 is 17.2 Å². The molecule has 4 rings (SSSR count). The van der Waals surface area contributed by atoms with Gasteiger partial charge in [0.25, 0.3) is 0 Å². The highest BCUT2D eigenvalue weighted by molar-refractivity contribution is 5.96. The third kappa shape index (κ3) is 3.05. The molecule has 2 atom stereocenters. The number of amides is 1. The molecular formula is C20H22N4O2. The SMILES string of the molecule is NCCOc1ccc(C2=CN(c3ccccc3)C3NCNC(=O)C23)cc1. The topological polar surface area (TPSA) is 79.6 Å². The highest BCUT2D eigenvalue weighted by atomic mass is 16.5. The summed E-state index contributed by atoms with van der Waals surface area (Å²) in [6.07, 6.45) is 1.98. The van der Waals surface area contributed by atoms with Gasteiger partial charge in [0.15, 0.2) is 0 Å². The van der Waals surface area contributed by atoms with Gasteiger partial charge in [0.05, 0.1) is 12.6 Å². The minimum Gasteiger partial charge on any atom is -0.492 e. The lowest BCUT2D eigenvalue weighted by molar-refractivity contribution is -0.125. The number of benzene rings is 2. The summed E-state index contributed by atoms with van der Waals surface area (Å²) in [7, 11) is 0. The van der Waals surface area contributed by atoms with Gasteiger partial charge in [0.2, 0.25) is 5.91 Å². The minimum atomic E-state index is -0.264. The van der Waals surface area contributed by atoms with Gasteiger partial charge in [-0.25, -0.2) is 0 Å². The van der Waals surface area contributed by atoms with Gasteiger partial charge in [-0.05, 0) is 35.4 Å². The highest BCUT2D eigenvalue weighted by Gasteiger charge is 2.43. The Balaban J connectivity index is 1.67. The molecule has 2 aliphatic rings. The van der Waals surface area contributed by atoms with E-state index in [1.807, 2.05) is 42.5 Å². The molecule has 0 radical (unpaired) electrons. The third-order valence-electron chi connectivity index (χ3n) is 4.71. The van der Waals surface area contributed by atoms with Crippen molar-refractivity contribution in [1.29, 1.82) is 0 Å². The van der Waals surface area contributed by atoms with Crippen molar-refractivity contribution in [3.8, 4) is 5.75 Å². The van der Waals surface area contributed by atoms with Gasteiger partial charge in [-0.15, -0.1) is 0 Å². The molecule has 2 aromatic rings. The van der Waals surface area contributed by atoms with Crippen LogP contribution >= 0.6 is 0 Å². The van der Waals surface area contributed by atoms with Crippen LogP contribution in [-0.4, -0.2) is 31.9 Å². The number of hydrogen-bond acceptors (Lipinski definition) is 5. The second-order valence-electron chi connectivity index (χ2n) is 6.33. The van der Waals surface area contributed by atoms with Gasteiger partial charge in [0, 0.05) is 18.4 Å². The second kappa shape index (κ2) is 7.19. The van der Waals surface area contributed by atoms with Crippen LogP contribution in [-0.2, 0) is 4.79 Å². The van der Waals surface area contributed by atoms with Crippen LogP contribution in [0.5, 0.6) is 5.75 Å². The van der Waals surface area contributed by atoms with E-state index in [9.17, 15) is 4.79 Å². The molecule has 2 aliphatic heterocycles. The smallest absolute Gasteiger partial charge is 0.232 e. The lowest BCUT2D eigenvalue weighted by atomic mass is 9.91. The molecule has 26 heavy (non-hydrogen) atoms. The van der Waals surface area contributed by atoms with E-state index in [0.29, 0.717) is 19.8 Å². The average Bonchev–Trinajstić information content (AvgIpc) is 3.08. The summed E-state index contributed by atoms with van der Waals surface area (Å²) >= 11 is 0. The molecule has 6 nitrogen and oxygen atoms in total. The predicted molar refractivity (Wildman–Crippen MR) is 101 cm³/mol. The molecule has 0 bridgehead atoms. The Hall–Kier alpha value is -2.83. The largest absolute Gasteiger partial charge is 0.492 e. The fourth-order valence-electron chi connectivity index (χ4n) is 3.50. The molecule has 134 valence electrons. The molecule has 4 N–H and O–H groups in total. The Labute approximate surface area is 152 Å². The molecule has 1 amide bonds. The Morgan fingerprint density at radius 2 is 1.88 bits per heavy atom. The van der Waals surface area contributed by atoms with Crippen molar-refractivity contribution in [2.75, 3.05) is 24.7 Å². The van der Waals surface area contributed by atoms with Crippen LogP contribution in [0, 0.1) is 5.92 Å². The average molecular weight is 350 g/mol. The van der Waals surface area contributed by atoms with Crippen molar-refractivity contribution in [1.82, 2.24) is 10.6 Å². The molecule has 1 saturated heterocycles. The second-order valence-corrected chi connectivity index (χ2v) is 6.33. The number of carbonyl (C=O) groups is 1. The van der Waals surface area contributed by atoms with E-state index >= 15 is 0 Å². The Morgan fingerprint density at radius 1 is 1.12 bits per heavy atom. The summed E-state index contributed by atoms with van der Waals surface area (Å²) in [5.41, 5.74) is 8.54. The molecule has 0 saturated carbocycles. The number of fused-ring (bicyclic) bond motifs is 1.